The van der Waals surface area contributed by atoms with Gasteiger partial charge in [-0.1, -0.05) is 133 Å². The van der Waals surface area contributed by atoms with Crippen LogP contribution < -0.4 is 10.6 Å². The first-order chi connectivity index (χ1) is 27.6. The Kier molecular flexibility index (Phi) is 10.6. The van der Waals surface area contributed by atoms with E-state index in [4.69, 9.17) is 20.4 Å². The maximum absolute atomic E-state index is 10.1. The Morgan fingerprint density at radius 2 is 1.38 bits per heavy atom. The molecule has 0 saturated carbocycles. The smallest absolute Gasteiger partial charge is 0.182 e. The molecule has 0 saturated heterocycles. The van der Waals surface area contributed by atoms with Crippen LogP contribution in [0.15, 0.2) is 158 Å². The van der Waals surface area contributed by atoms with Crippen molar-refractivity contribution in [3.63, 3.8) is 0 Å². The van der Waals surface area contributed by atoms with Gasteiger partial charge in [-0.05, 0) is 75.7 Å². The molecule has 0 aliphatic rings. The first-order valence-corrected chi connectivity index (χ1v) is 18.9. The zero-order valence-corrected chi connectivity index (χ0v) is 31.2. The number of benzene rings is 5. The molecule has 0 fully saturated rings. The molecule has 0 spiro atoms. The number of nitrogens with zero attached hydrogens (tertiary/aromatic N) is 6. The average molecular weight is 741 g/mol. The van der Waals surface area contributed by atoms with E-state index in [1.165, 1.54) is 0 Å². The number of aromatic hydroxyl groups is 1. The fourth-order valence-electron chi connectivity index (χ4n) is 7.76. The normalized spacial score (nSPS) is 12.2. The molecular formula is C46H44N8O2. The molecule has 280 valence electrons. The van der Waals surface area contributed by atoms with Crippen LogP contribution in [0.4, 0.5) is 5.82 Å². The van der Waals surface area contributed by atoms with Crippen molar-refractivity contribution in [2.45, 2.75) is 37.6 Å². The lowest BCUT2D eigenvalue weighted by molar-refractivity contribution is 0.281. The lowest BCUT2D eigenvalue weighted by Crippen LogP contribution is -2.39. The molecule has 3 heterocycles. The van der Waals surface area contributed by atoms with Crippen LogP contribution in [-0.2, 0) is 25.2 Å². The van der Waals surface area contributed by atoms with Gasteiger partial charge in [0, 0.05) is 25.7 Å². The van der Waals surface area contributed by atoms with Crippen LogP contribution in [0.3, 0.4) is 0 Å². The van der Waals surface area contributed by atoms with Crippen molar-refractivity contribution in [1.29, 1.82) is 0 Å². The maximum Gasteiger partial charge on any atom is 0.182 e. The monoisotopic (exact) mass is 740 g/mol. The maximum atomic E-state index is 10.1. The number of rotatable bonds is 15. The summed E-state index contributed by atoms with van der Waals surface area (Å²) in [5.41, 5.74) is 8.50. The molecule has 1 unspecified atom stereocenters. The summed E-state index contributed by atoms with van der Waals surface area (Å²) in [6, 6.07) is 48.6. The van der Waals surface area contributed by atoms with Gasteiger partial charge in [0.15, 0.2) is 5.65 Å². The Bertz CT molecular complexity index is 2420. The van der Waals surface area contributed by atoms with Gasteiger partial charge in [0.2, 0.25) is 0 Å². The van der Waals surface area contributed by atoms with E-state index in [0.717, 1.165) is 50.9 Å². The number of aliphatic hydroxyl groups is 1. The largest absolute Gasteiger partial charge is 0.508 e. The van der Waals surface area contributed by atoms with Crippen LogP contribution in [0, 0.1) is 0 Å². The van der Waals surface area contributed by atoms with Gasteiger partial charge < -0.3 is 20.8 Å². The van der Waals surface area contributed by atoms with E-state index >= 15 is 0 Å². The predicted octanol–water partition coefficient (Wildman–Crippen LogP) is 7.46. The molecule has 3 aromatic heterocycles. The van der Waals surface area contributed by atoms with Crippen molar-refractivity contribution in [3.05, 3.63) is 202 Å². The van der Waals surface area contributed by atoms with E-state index in [2.05, 4.69) is 102 Å². The summed E-state index contributed by atoms with van der Waals surface area (Å²) in [5, 5.41) is 41.6. The SMILES string of the molecule is CNc1cc(C(CCNCc2cccc(CO)c2)c2cnn(Cc3cccc(O)c3)c2)c2nnn(C(c3ccccc3)(c3ccccc3)c3ccccc3)c2n1. The molecule has 0 bridgehead atoms. The van der Waals surface area contributed by atoms with Crippen LogP contribution in [0.2, 0.25) is 0 Å². The summed E-state index contributed by atoms with van der Waals surface area (Å²) >= 11 is 0. The number of hydrogen-bond acceptors (Lipinski definition) is 8. The Hall–Kier alpha value is -6.62. The minimum absolute atomic E-state index is 0.00905. The van der Waals surface area contributed by atoms with Crippen molar-refractivity contribution in [2.24, 2.45) is 0 Å². The van der Waals surface area contributed by atoms with Crippen molar-refractivity contribution in [2.75, 3.05) is 18.9 Å². The van der Waals surface area contributed by atoms with E-state index in [-0.39, 0.29) is 18.3 Å². The number of anilines is 1. The Balaban J connectivity index is 1.26. The third-order valence-electron chi connectivity index (χ3n) is 10.4. The fraction of sp³-hybridized carbons (Fsp3) is 0.174. The highest BCUT2D eigenvalue weighted by molar-refractivity contribution is 5.79. The summed E-state index contributed by atoms with van der Waals surface area (Å²) in [7, 11) is 1.88. The van der Waals surface area contributed by atoms with Gasteiger partial charge in [-0.3, -0.25) is 4.68 Å². The molecule has 10 heteroatoms. The second kappa shape index (κ2) is 16.4. The second-order valence-electron chi connectivity index (χ2n) is 14.0. The lowest BCUT2D eigenvalue weighted by Gasteiger charge is -2.36. The van der Waals surface area contributed by atoms with Crippen LogP contribution >= 0.6 is 0 Å². The third kappa shape index (κ3) is 7.27. The summed E-state index contributed by atoms with van der Waals surface area (Å²) in [6.07, 6.45) is 4.74. The van der Waals surface area contributed by atoms with Gasteiger partial charge in [0.25, 0.3) is 0 Å². The van der Waals surface area contributed by atoms with E-state index in [1.54, 1.807) is 12.1 Å². The predicted molar refractivity (Wildman–Crippen MR) is 219 cm³/mol. The van der Waals surface area contributed by atoms with Crippen molar-refractivity contribution >= 4 is 17.0 Å². The van der Waals surface area contributed by atoms with Gasteiger partial charge in [-0.2, -0.15) is 5.10 Å². The number of aromatic nitrogens is 6. The molecule has 56 heavy (non-hydrogen) atoms. The molecule has 8 rings (SSSR count). The molecule has 1 atom stereocenters. The van der Waals surface area contributed by atoms with Crippen LogP contribution in [0.5, 0.6) is 5.75 Å². The lowest BCUT2D eigenvalue weighted by atomic mass is 9.77. The minimum atomic E-state index is -0.901. The zero-order valence-electron chi connectivity index (χ0n) is 31.2. The molecule has 0 aliphatic carbocycles. The van der Waals surface area contributed by atoms with E-state index in [1.807, 2.05) is 71.1 Å². The fourth-order valence-corrected chi connectivity index (χ4v) is 7.76. The van der Waals surface area contributed by atoms with Gasteiger partial charge in [-0.15, -0.1) is 5.10 Å². The number of phenolic OH excluding ortho intramolecular Hbond substituents is 1. The summed E-state index contributed by atoms with van der Waals surface area (Å²) in [4.78, 5) is 5.20. The molecule has 0 aliphatic heterocycles. The molecule has 0 radical (unpaired) electrons. The van der Waals surface area contributed by atoms with E-state index < -0.39 is 5.54 Å². The number of phenols is 1. The average Bonchev–Trinajstić information content (AvgIpc) is 3.90. The van der Waals surface area contributed by atoms with Gasteiger partial charge in [-0.25, -0.2) is 9.67 Å². The number of nitrogens with one attached hydrogen (secondary N) is 2. The third-order valence-corrected chi connectivity index (χ3v) is 10.4. The van der Waals surface area contributed by atoms with Crippen LogP contribution in [0.25, 0.3) is 11.2 Å². The highest BCUT2D eigenvalue weighted by Gasteiger charge is 2.42. The Morgan fingerprint density at radius 1 is 0.732 bits per heavy atom. The Labute approximate surface area is 326 Å². The molecule has 5 aromatic carbocycles. The van der Waals surface area contributed by atoms with Crippen LogP contribution in [0.1, 0.15) is 56.8 Å². The summed E-state index contributed by atoms with van der Waals surface area (Å²) in [6.45, 7) is 1.88. The number of pyridine rings is 1. The van der Waals surface area contributed by atoms with E-state index in [0.29, 0.717) is 36.6 Å². The first-order valence-electron chi connectivity index (χ1n) is 18.9. The summed E-state index contributed by atoms with van der Waals surface area (Å²) < 4.78 is 3.89. The Morgan fingerprint density at radius 3 is 2.02 bits per heavy atom. The molecule has 10 nitrogen and oxygen atoms in total. The van der Waals surface area contributed by atoms with Gasteiger partial charge in [0.05, 0.1) is 19.3 Å². The number of hydrogen-bond donors (Lipinski definition) is 4. The number of fused-ring (bicyclic) bond motifs is 1. The first kappa shape index (κ1) is 36.4. The molecular weight excluding hydrogens is 697 g/mol. The van der Waals surface area contributed by atoms with Crippen molar-refractivity contribution in [1.82, 2.24) is 35.1 Å². The zero-order chi connectivity index (χ0) is 38.3. The quantitative estimate of drug-likeness (QED) is 0.0631. The van der Waals surface area contributed by atoms with Crippen LogP contribution in [-0.4, -0.2) is 53.6 Å². The molecule has 4 N–H and O–H groups in total. The van der Waals surface area contributed by atoms with Crippen molar-refractivity contribution in [3.8, 4) is 5.75 Å². The van der Waals surface area contributed by atoms with Gasteiger partial charge in [0.1, 0.15) is 22.6 Å². The summed E-state index contributed by atoms with van der Waals surface area (Å²) in [5.74, 6) is 0.791. The minimum Gasteiger partial charge on any atom is -0.508 e. The number of aliphatic hydroxyl groups excluding tert-OH is 1. The standard InChI is InChI=1S/C46H44N8O2/c1-47-43-27-42(41(23-24-48-28-33-13-11-15-35(25-33)32-55)36-29-49-53(31-36)30-34-14-12-22-40(56)26-34)44-45(50-43)54(52-51-44)46(37-16-5-2-6-17-37,38-18-7-3-8-19-38)39-20-9-4-10-21-39/h2-22,25-27,29,31,41,48,55-56H,23-24,28,30,32H2,1H3,(H,47,50). The van der Waals surface area contributed by atoms with Crippen molar-refractivity contribution < 1.29 is 10.2 Å². The second-order valence-corrected chi connectivity index (χ2v) is 14.0. The molecule has 0 amide bonds. The molecule has 8 aromatic rings. The highest BCUT2D eigenvalue weighted by Crippen LogP contribution is 2.43. The van der Waals surface area contributed by atoms with Gasteiger partial charge >= 0.3 is 0 Å². The van der Waals surface area contributed by atoms with E-state index in [9.17, 15) is 10.2 Å². The highest BCUT2D eigenvalue weighted by atomic mass is 16.3. The topological polar surface area (TPSA) is 126 Å².